The third-order valence-corrected chi connectivity index (χ3v) is 5.99. The molecular formula is C22H13NOS. The number of hydrogen-bond acceptors (Lipinski definition) is 2. The van der Waals surface area contributed by atoms with Gasteiger partial charge in [-0.05, 0) is 24.3 Å². The minimum absolute atomic E-state index is 0.930. The molecule has 0 unspecified atom stereocenters. The predicted octanol–water partition coefficient (Wildman–Crippen LogP) is 6.74. The zero-order valence-corrected chi connectivity index (χ0v) is 14.1. The summed E-state index contributed by atoms with van der Waals surface area (Å²) in [5, 5.41) is 3.68. The van der Waals surface area contributed by atoms with E-state index in [1.807, 2.05) is 29.5 Å². The lowest BCUT2D eigenvalue weighted by Crippen LogP contribution is -1.91. The topological polar surface area (TPSA) is 18.1 Å². The van der Waals surface area contributed by atoms with Crippen LogP contribution in [-0.2, 0) is 0 Å². The number of nitrogens with zero attached hydrogens (tertiary/aromatic N) is 1. The van der Waals surface area contributed by atoms with Crippen molar-refractivity contribution in [3.63, 3.8) is 0 Å². The number of rotatable bonds is 1. The Bertz CT molecular complexity index is 1390. The van der Waals surface area contributed by atoms with Crippen LogP contribution in [0.5, 0.6) is 0 Å². The highest BCUT2D eigenvalue weighted by Crippen LogP contribution is 2.45. The highest BCUT2D eigenvalue weighted by Gasteiger charge is 2.22. The van der Waals surface area contributed by atoms with Gasteiger partial charge in [0.05, 0.1) is 15.6 Å². The van der Waals surface area contributed by atoms with Crippen LogP contribution in [0.2, 0.25) is 0 Å². The molecule has 0 aliphatic carbocycles. The van der Waals surface area contributed by atoms with Crippen LogP contribution in [-0.4, -0.2) is 4.57 Å². The lowest BCUT2D eigenvalue weighted by atomic mass is 10.2. The SMILES string of the molecule is c1ccc(-n2c3oc4ccccc4c3c3sc4ccccc4c32)cc1. The van der Waals surface area contributed by atoms with Crippen molar-refractivity contribution >= 4 is 53.7 Å². The van der Waals surface area contributed by atoms with Crippen molar-refractivity contribution in [2.45, 2.75) is 0 Å². The fourth-order valence-corrected chi connectivity index (χ4v) is 5.00. The standard InChI is InChI=1S/C22H13NOS/c1-2-8-14(9-3-1)23-20-16-11-5-7-13-18(16)25-21(20)19-15-10-4-6-12-17(15)24-22(19)23/h1-13H. The molecule has 0 spiro atoms. The van der Waals surface area contributed by atoms with Crippen molar-refractivity contribution in [2.24, 2.45) is 0 Å². The van der Waals surface area contributed by atoms with Crippen molar-refractivity contribution in [3.8, 4) is 5.69 Å². The summed E-state index contributed by atoms with van der Waals surface area (Å²) in [5.74, 6) is 0. The summed E-state index contributed by atoms with van der Waals surface area (Å²) in [5.41, 5.74) is 4.24. The normalized spacial score (nSPS) is 12.0. The number of hydrogen-bond donors (Lipinski definition) is 0. The Hall–Kier alpha value is -3.04. The van der Waals surface area contributed by atoms with Crippen molar-refractivity contribution < 1.29 is 4.42 Å². The molecule has 3 aromatic heterocycles. The molecule has 3 heteroatoms. The van der Waals surface area contributed by atoms with Crippen LogP contribution in [0.4, 0.5) is 0 Å². The van der Waals surface area contributed by atoms with Gasteiger partial charge >= 0.3 is 0 Å². The fraction of sp³-hybridized carbons (Fsp3) is 0. The van der Waals surface area contributed by atoms with Gasteiger partial charge in [-0.15, -0.1) is 11.3 Å². The van der Waals surface area contributed by atoms with E-state index >= 15 is 0 Å². The van der Waals surface area contributed by atoms with Gasteiger partial charge in [0, 0.05) is 21.2 Å². The van der Waals surface area contributed by atoms with Gasteiger partial charge in [-0.2, -0.15) is 0 Å². The number of fused-ring (bicyclic) bond motifs is 7. The first kappa shape index (κ1) is 13.3. The molecule has 118 valence electrons. The first-order valence-electron chi connectivity index (χ1n) is 8.30. The van der Waals surface area contributed by atoms with Gasteiger partial charge in [-0.25, -0.2) is 0 Å². The maximum atomic E-state index is 6.30. The van der Waals surface area contributed by atoms with Crippen LogP contribution in [0.25, 0.3) is 48.1 Å². The molecule has 25 heavy (non-hydrogen) atoms. The maximum Gasteiger partial charge on any atom is 0.214 e. The summed E-state index contributed by atoms with van der Waals surface area (Å²) < 4.78 is 11.2. The first-order chi connectivity index (χ1) is 12.4. The van der Waals surface area contributed by atoms with Gasteiger partial charge in [0.15, 0.2) is 0 Å². The zero-order chi connectivity index (χ0) is 16.4. The quantitative estimate of drug-likeness (QED) is 0.324. The van der Waals surface area contributed by atoms with Gasteiger partial charge in [0.2, 0.25) is 5.71 Å². The number of benzene rings is 3. The molecule has 0 atom stereocenters. The smallest absolute Gasteiger partial charge is 0.214 e. The van der Waals surface area contributed by atoms with Gasteiger partial charge < -0.3 is 4.42 Å². The molecule has 6 aromatic rings. The van der Waals surface area contributed by atoms with Gasteiger partial charge in [0.25, 0.3) is 0 Å². The molecule has 0 aliphatic heterocycles. The molecule has 3 heterocycles. The lowest BCUT2D eigenvalue weighted by molar-refractivity contribution is 0.645. The summed E-state index contributed by atoms with van der Waals surface area (Å²) in [6, 6.07) is 27.4. The van der Waals surface area contributed by atoms with Crippen LogP contribution in [0, 0.1) is 0 Å². The Morgan fingerprint density at radius 2 is 1.44 bits per heavy atom. The molecule has 6 rings (SSSR count). The van der Waals surface area contributed by atoms with Crippen molar-refractivity contribution in [2.75, 3.05) is 0 Å². The van der Waals surface area contributed by atoms with Crippen LogP contribution >= 0.6 is 11.3 Å². The minimum atomic E-state index is 0.930. The van der Waals surface area contributed by atoms with Crippen molar-refractivity contribution in [3.05, 3.63) is 78.9 Å². The third kappa shape index (κ3) is 1.68. The van der Waals surface area contributed by atoms with Crippen LogP contribution in [0.1, 0.15) is 0 Å². The second kappa shape index (κ2) is 4.74. The molecule has 0 aliphatic rings. The Morgan fingerprint density at radius 1 is 0.720 bits per heavy atom. The minimum Gasteiger partial charge on any atom is -0.439 e. The number of thiophene rings is 1. The van der Waals surface area contributed by atoms with Gasteiger partial charge in [0.1, 0.15) is 5.58 Å². The molecule has 0 N–H and O–H groups in total. The second-order valence-corrected chi connectivity index (χ2v) is 7.28. The number of aromatic nitrogens is 1. The molecule has 0 bridgehead atoms. The highest BCUT2D eigenvalue weighted by molar-refractivity contribution is 7.26. The fourth-order valence-electron chi connectivity index (χ4n) is 3.76. The average molecular weight is 339 g/mol. The Balaban J connectivity index is 1.94. The summed E-state index contributed by atoms with van der Waals surface area (Å²) >= 11 is 1.85. The van der Waals surface area contributed by atoms with Crippen molar-refractivity contribution in [1.82, 2.24) is 4.57 Å². The average Bonchev–Trinajstić information content (AvgIpc) is 3.29. The van der Waals surface area contributed by atoms with Crippen molar-refractivity contribution in [1.29, 1.82) is 0 Å². The summed E-state index contributed by atoms with van der Waals surface area (Å²) in [6.45, 7) is 0. The zero-order valence-electron chi connectivity index (χ0n) is 13.3. The van der Waals surface area contributed by atoms with Crippen LogP contribution < -0.4 is 0 Å². The van der Waals surface area contributed by atoms with E-state index in [1.54, 1.807) is 0 Å². The predicted molar refractivity (Wildman–Crippen MR) is 106 cm³/mol. The van der Waals surface area contributed by atoms with E-state index in [0.29, 0.717) is 0 Å². The van der Waals surface area contributed by atoms with E-state index in [2.05, 4.69) is 65.2 Å². The van der Waals surface area contributed by atoms with E-state index in [4.69, 9.17) is 4.42 Å². The van der Waals surface area contributed by atoms with E-state index in [1.165, 1.54) is 31.1 Å². The van der Waals surface area contributed by atoms with Gasteiger partial charge in [-0.3, -0.25) is 4.57 Å². The largest absolute Gasteiger partial charge is 0.439 e. The molecule has 0 saturated carbocycles. The number of para-hydroxylation sites is 2. The van der Waals surface area contributed by atoms with Crippen LogP contribution in [0.15, 0.2) is 83.3 Å². The van der Waals surface area contributed by atoms with Gasteiger partial charge in [-0.1, -0.05) is 54.6 Å². The first-order valence-corrected chi connectivity index (χ1v) is 9.12. The molecule has 0 amide bonds. The maximum absolute atomic E-state index is 6.30. The monoisotopic (exact) mass is 339 g/mol. The Morgan fingerprint density at radius 3 is 2.32 bits per heavy atom. The molecular weight excluding hydrogens is 326 g/mol. The highest BCUT2D eigenvalue weighted by atomic mass is 32.1. The summed E-state index contributed by atoms with van der Waals surface area (Å²) in [4.78, 5) is 0. The molecule has 0 fully saturated rings. The van der Waals surface area contributed by atoms with E-state index in [-0.39, 0.29) is 0 Å². The third-order valence-electron chi connectivity index (χ3n) is 4.81. The molecule has 3 aromatic carbocycles. The second-order valence-electron chi connectivity index (χ2n) is 6.23. The number of furan rings is 1. The lowest BCUT2D eigenvalue weighted by Gasteiger charge is -2.05. The van der Waals surface area contributed by atoms with E-state index < -0.39 is 0 Å². The molecule has 0 saturated heterocycles. The van der Waals surface area contributed by atoms with E-state index in [0.717, 1.165) is 17.0 Å². The van der Waals surface area contributed by atoms with Crippen LogP contribution in [0.3, 0.4) is 0 Å². The van der Waals surface area contributed by atoms with E-state index in [9.17, 15) is 0 Å². The molecule has 2 nitrogen and oxygen atoms in total. The Labute approximate surface area is 147 Å². The molecule has 0 radical (unpaired) electrons. The Kier molecular flexibility index (Phi) is 2.52. The summed E-state index contributed by atoms with van der Waals surface area (Å²) in [6.07, 6.45) is 0. The summed E-state index contributed by atoms with van der Waals surface area (Å²) in [7, 11) is 0.